The summed E-state index contributed by atoms with van der Waals surface area (Å²) in [4.78, 5) is 37.3. The lowest BCUT2D eigenvalue weighted by Gasteiger charge is -2.10. The van der Waals surface area contributed by atoms with Gasteiger partial charge in [0.2, 0.25) is 0 Å². The van der Waals surface area contributed by atoms with Crippen LogP contribution in [-0.2, 0) is 7.05 Å². The van der Waals surface area contributed by atoms with Gasteiger partial charge < -0.3 is 36.4 Å². The molecule has 12 heteroatoms. The minimum Gasteiger partial charge on any atom is -0.491 e. The third-order valence-corrected chi connectivity index (χ3v) is 6.55. The molecule has 12 nitrogen and oxygen atoms in total. The van der Waals surface area contributed by atoms with Gasteiger partial charge in [-0.25, -0.2) is 9.97 Å². The van der Waals surface area contributed by atoms with Gasteiger partial charge in [0.1, 0.15) is 24.0 Å². The molecular formula is C28H29N9O3. The molecular weight excluding hydrogens is 510 g/mol. The van der Waals surface area contributed by atoms with Crippen molar-refractivity contribution in [2.45, 2.75) is 12.8 Å². The van der Waals surface area contributed by atoms with Crippen molar-refractivity contribution in [2.24, 2.45) is 18.5 Å². The number of H-pyrrole nitrogens is 1. The van der Waals surface area contributed by atoms with Gasteiger partial charge in [-0.05, 0) is 55.5 Å². The number of rotatable bonds is 9. The summed E-state index contributed by atoms with van der Waals surface area (Å²) < 4.78 is 7.59. The lowest BCUT2D eigenvalue weighted by molar-refractivity contribution is 0.0943. The van der Waals surface area contributed by atoms with Crippen molar-refractivity contribution in [3.63, 3.8) is 0 Å². The number of guanidine groups is 1. The average Bonchev–Trinajstić information content (AvgIpc) is 3.51. The second-order valence-corrected chi connectivity index (χ2v) is 9.31. The monoisotopic (exact) mass is 539 g/mol. The second kappa shape index (κ2) is 10.8. The highest BCUT2D eigenvalue weighted by Crippen LogP contribution is 2.28. The van der Waals surface area contributed by atoms with Gasteiger partial charge in [0.05, 0.1) is 40.1 Å². The highest BCUT2D eigenvalue weighted by Gasteiger charge is 2.20. The standard InChI is InChI=1S/C28H29N9O3/c1-15(25-34-19-10-8-17(33-28(30)31)14-21(19)35-25)26-36-20-9-7-16(13-22(20)37(26)2)27(39)32-11-12-40-23-6-4-3-5-18(23)24(29)38/h3-10,13-15H,11-12H2,1-2H3,(H2,29,38)(H,32,39)(H,34,35)(H4,30,31,33). The van der Waals surface area contributed by atoms with E-state index in [0.717, 1.165) is 33.7 Å². The number of ether oxygens (including phenoxy) is 1. The number of anilines is 1. The number of nitrogens with zero attached hydrogens (tertiary/aromatic N) is 3. The number of nitrogens with two attached hydrogens (primary N) is 2. The molecule has 5 aromatic rings. The van der Waals surface area contributed by atoms with Gasteiger partial charge in [0.15, 0.2) is 5.96 Å². The zero-order chi connectivity index (χ0) is 28.4. The molecule has 5 rings (SSSR count). The van der Waals surface area contributed by atoms with Crippen molar-refractivity contribution in [1.29, 1.82) is 5.41 Å². The molecule has 2 amide bonds. The van der Waals surface area contributed by atoms with Gasteiger partial charge in [0, 0.05) is 18.3 Å². The van der Waals surface area contributed by atoms with E-state index in [9.17, 15) is 9.59 Å². The number of hydrogen-bond donors (Lipinski definition) is 6. The van der Waals surface area contributed by atoms with Gasteiger partial charge in [-0.1, -0.05) is 12.1 Å². The largest absolute Gasteiger partial charge is 0.491 e. The Morgan fingerprint density at radius 3 is 2.65 bits per heavy atom. The number of nitrogens with one attached hydrogen (secondary N) is 4. The topological polar surface area (TPSA) is 190 Å². The number of aromatic nitrogens is 4. The summed E-state index contributed by atoms with van der Waals surface area (Å²) in [7, 11) is 1.91. The number of carbonyl (C=O) groups is 2. The number of carbonyl (C=O) groups excluding carboxylic acids is 2. The van der Waals surface area contributed by atoms with Crippen LogP contribution in [0.15, 0.2) is 60.7 Å². The summed E-state index contributed by atoms with van der Waals surface area (Å²) in [6, 6.07) is 17.6. The van der Waals surface area contributed by atoms with Gasteiger partial charge in [-0.15, -0.1) is 0 Å². The predicted octanol–water partition coefficient (Wildman–Crippen LogP) is 2.81. The van der Waals surface area contributed by atoms with Crippen LogP contribution in [0, 0.1) is 5.41 Å². The summed E-state index contributed by atoms with van der Waals surface area (Å²) >= 11 is 0. The first kappa shape index (κ1) is 26.2. The fourth-order valence-electron chi connectivity index (χ4n) is 4.55. The maximum absolute atomic E-state index is 12.8. The maximum Gasteiger partial charge on any atom is 0.252 e. The molecule has 204 valence electrons. The Labute approximate surface area is 229 Å². The molecule has 0 radical (unpaired) electrons. The number of fused-ring (bicyclic) bond motifs is 2. The summed E-state index contributed by atoms with van der Waals surface area (Å²) in [6.07, 6.45) is 0. The normalized spacial score (nSPS) is 11.8. The first-order chi connectivity index (χ1) is 19.2. The molecule has 0 fully saturated rings. The zero-order valence-electron chi connectivity index (χ0n) is 22.0. The molecule has 2 heterocycles. The predicted molar refractivity (Wildman–Crippen MR) is 153 cm³/mol. The Balaban J connectivity index is 1.28. The quantitative estimate of drug-likeness (QED) is 0.0942. The number of amides is 2. The molecule has 0 aliphatic heterocycles. The van der Waals surface area contributed by atoms with Crippen molar-refractivity contribution in [3.05, 3.63) is 83.4 Å². The number of aryl methyl sites for hydroxylation is 1. The van der Waals surface area contributed by atoms with E-state index < -0.39 is 5.91 Å². The Hall–Kier alpha value is -5.39. The van der Waals surface area contributed by atoms with Crippen LogP contribution in [0.4, 0.5) is 5.69 Å². The van der Waals surface area contributed by atoms with Crippen LogP contribution in [-0.4, -0.2) is 50.4 Å². The van der Waals surface area contributed by atoms with Crippen molar-refractivity contribution >= 4 is 45.5 Å². The Morgan fingerprint density at radius 1 is 1.07 bits per heavy atom. The highest BCUT2D eigenvalue weighted by molar-refractivity contribution is 5.98. The van der Waals surface area contributed by atoms with Gasteiger partial charge in [-0.3, -0.25) is 15.0 Å². The smallest absolute Gasteiger partial charge is 0.252 e. The molecule has 0 saturated carbocycles. The van der Waals surface area contributed by atoms with Crippen LogP contribution in [0.25, 0.3) is 22.1 Å². The van der Waals surface area contributed by atoms with E-state index in [1.807, 2.05) is 42.8 Å². The average molecular weight is 540 g/mol. The second-order valence-electron chi connectivity index (χ2n) is 9.31. The summed E-state index contributed by atoms with van der Waals surface area (Å²) in [5.41, 5.74) is 15.4. The number of para-hydroxylation sites is 1. The van der Waals surface area contributed by atoms with Crippen molar-refractivity contribution in [3.8, 4) is 5.75 Å². The highest BCUT2D eigenvalue weighted by atomic mass is 16.5. The number of imidazole rings is 2. The van der Waals surface area contributed by atoms with Crippen molar-refractivity contribution < 1.29 is 14.3 Å². The lowest BCUT2D eigenvalue weighted by atomic mass is 10.1. The molecule has 3 aromatic carbocycles. The Bertz CT molecular complexity index is 1750. The molecule has 0 bridgehead atoms. The molecule has 2 aromatic heterocycles. The Morgan fingerprint density at radius 2 is 1.88 bits per heavy atom. The number of primary amides is 1. The molecule has 0 aliphatic rings. The van der Waals surface area contributed by atoms with E-state index in [0.29, 0.717) is 17.0 Å². The first-order valence-electron chi connectivity index (χ1n) is 12.6. The number of benzene rings is 3. The zero-order valence-corrected chi connectivity index (χ0v) is 22.0. The molecule has 1 unspecified atom stereocenters. The minimum atomic E-state index is -0.575. The Kier molecular flexibility index (Phi) is 7.06. The van der Waals surface area contributed by atoms with E-state index in [1.54, 1.807) is 36.4 Å². The minimum absolute atomic E-state index is 0.143. The fourth-order valence-corrected chi connectivity index (χ4v) is 4.55. The fraction of sp³-hybridized carbons (Fsp3) is 0.179. The molecule has 1 atom stereocenters. The molecule has 0 saturated heterocycles. The summed E-state index contributed by atoms with van der Waals surface area (Å²) in [6.45, 7) is 2.43. The SMILES string of the molecule is CC(c1nc2cc(NC(=N)N)ccc2[nH]1)c1nc2ccc(C(=O)NCCOc3ccccc3C(N)=O)cc2n1C. The van der Waals surface area contributed by atoms with E-state index in [-0.39, 0.29) is 36.5 Å². The van der Waals surface area contributed by atoms with Crippen LogP contribution in [0.3, 0.4) is 0 Å². The van der Waals surface area contributed by atoms with Crippen LogP contribution >= 0.6 is 0 Å². The maximum atomic E-state index is 12.8. The van der Waals surface area contributed by atoms with Gasteiger partial charge in [-0.2, -0.15) is 0 Å². The van der Waals surface area contributed by atoms with Crippen LogP contribution in [0.1, 0.15) is 45.2 Å². The number of hydrogen-bond acceptors (Lipinski definition) is 6. The molecule has 8 N–H and O–H groups in total. The van der Waals surface area contributed by atoms with Crippen LogP contribution in [0.5, 0.6) is 5.75 Å². The van der Waals surface area contributed by atoms with Gasteiger partial charge in [0.25, 0.3) is 11.8 Å². The van der Waals surface area contributed by atoms with E-state index in [4.69, 9.17) is 31.6 Å². The van der Waals surface area contributed by atoms with Crippen LogP contribution < -0.4 is 26.8 Å². The molecule has 0 aliphatic carbocycles. The van der Waals surface area contributed by atoms with E-state index >= 15 is 0 Å². The van der Waals surface area contributed by atoms with Crippen molar-refractivity contribution in [2.75, 3.05) is 18.5 Å². The van der Waals surface area contributed by atoms with E-state index in [2.05, 4.69) is 15.6 Å². The molecule has 40 heavy (non-hydrogen) atoms. The van der Waals surface area contributed by atoms with Crippen molar-refractivity contribution in [1.82, 2.24) is 24.8 Å². The van der Waals surface area contributed by atoms with Crippen LogP contribution in [0.2, 0.25) is 0 Å². The molecule has 0 spiro atoms. The lowest BCUT2D eigenvalue weighted by Crippen LogP contribution is -2.28. The third-order valence-electron chi connectivity index (χ3n) is 6.55. The third kappa shape index (κ3) is 5.27. The van der Waals surface area contributed by atoms with E-state index in [1.165, 1.54) is 0 Å². The summed E-state index contributed by atoms with van der Waals surface area (Å²) in [5, 5.41) is 13.0. The first-order valence-corrected chi connectivity index (χ1v) is 12.6. The van der Waals surface area contributed by atoms with Gasteiger partial charge >= 0.3 is 0 Å². The summed E-state index contributed by atoms with van der Waals surface area (Å²) in [5.74, 6) is 0.771. The number of aromatic amines is 1.